The molecule has 0 aliphatic carbocycles. The lowest BCUT2D eigenvalue weighted by molar-refractivity contribution is 0.888. The molecule has 0 atom stereocenters. The van der Waals surface area contributed by atoms with Gasteiger partial charge in [-0.2, -0.15) is 0 Å². The van der Waals surface area contributed by atoms with Crippen LogP contribution in [0.5, 0.6) is 0 Å². The van der Waals surface area contributed by atoms with Gasteiger partial charge < -0.3 is 4.57 Å². The largest absolute Gasteiger partial charge is 0.348 e. The standard InChI is InChI=1S/C16H25NSi/c1-5-18(6-2,7-3)13-15-12-14-10-8-9-11-16(14)17(15)4/h8-12H,5-7,13H2,1-4H3. The van der Waals surface area contributed by atoms with Crippen molar-refractivity contribution in [1.82, 2.24) is 4.57 Å². The van der Waals surface area contributed by atoms with E-state index in [0.717, 1.165) is 0 Å². The molecule has 18 heavy (non-hydrogen) atoms. The van der Waals surface area contributed by atoms with E-state index in [0.29, 0.717) is 0 Å². The van der Waals surface area contributed by atoms with Gasteiger partial charge in [0.1, 0.15) is 0 Å². The van der Waals surface area contributed by atoms with E-state index in [1.54, 1.807) is 0 Å². The monoisotopic (exact) mass is 259 g/mol. The van der Waals surface area contributed by atoms with Gasteiger partial charge >= 0.3 is 0 Å². The number of aromatic nitrogens is 1. The van der Waals surface area contributed by atoms with Crippen LogP contribution in [0.2, 0.25) is 18.1 Å². The maximum atomic E-state index is 2.40. The molecule has 0 saturated carbocycles. The van der Waals surface area contributed by atoms with Crippen LogP contribution in [0, 0.1) is 0 Å². The van der Waals surface area contributed by atoms with Gasteiger partial charge in [-0.15, -0.1) is 0 Å². The molecule has 0 bridgehead atoms. The van der Waals surface area contributed by atoms with E-state index in [1.165, 1.54) is 40.8 Å². The van der Waals surface area contributed by atoms with Gasteiger partial charge in [0.15, 0.2) is 0 Å². The van der Waals surface area contributed by atoms with E-state index >= 15 is 0 Å². The lowest BCUT2D eigenvalue weighted by Gasteiger charge is -2.28. The molecule has 98 valence electrons. The van der Waals surface area contributed by atoms with Gasteiger partial charge in [-0.1, -0.05) is 57.1 Å². The summed E-state index contributed by atoms with van der Waals surface area (Å²) in [5.41, 5.74) is 2.91. The minimum Gasteiger partial charge on any atom is -0.348 e. The molecule has 1 heterocycles. The van der Waals surface area contributed by atoms with Crippen LogP contribution in [0.1, 0.15) is 26.5 Å². The van der Waals surface area contributed by atoms with E-state index in [-0.39, 0.29) is 0 Å². The molecular weight excluding hydrogens is 234 g/mol. The number of nitrogens with zero attached hydrogens (tertiary/aromatic N) is 1. The van der Waals surface area contributed by atoms with E-state index in [2.05, 4.69) is 62.7 Å². The van der Waals surface area contributed by atoms with Crippen LogP contribution in [0.4, 0.5) is 0 Å². The second kappa shape index (κ2) is 5.31. The van der Waals surface area contributed by atoms with E-state index < -0.39 is 8.07 Å². The van der Waals surface area contributed by atoms with Gasteiger partial charge in [-0.05, 0) is 23.6 Å². The minimum absolute atomic E-state index is 1.07. The summed E-state index contributed by atoms with van der Waals surface area (Å²) in [5, 5.41) is 1.39. The molecule has 0 saturated heterocycles. The summed E-state index contributed by atoms with van der Waals surface area (Å²) in [6.07, 6.45) is 0. The zero-order chi connectivity index (χ0) is 13.2. The lowest BCUT2D eigenvalue weighted by Crippen LogP contribution is -2.35. The van der Waals surface area contributed by atoms with Crippen LogP contribution in [0.25, 0.3) is 10.9 Å². The van der Waals surface area contributed by atoms with Crippen molar-refractivity contribution in [3.05, 3.63) is 36.0 Å². The summed E-state index contributed by atoms with van der Waals surface area (Å²) in [6, 6.07) is 16.7. The Hall–Kier alpha value is -1.02. The van der Waals surface area contributed by atoms with E-state index in [1.807, 2.05) is 0 Å². The molecule has 2 aromatic rings. The Labute approximate surface area is 112 Å². The van der Waals surface area contributed by atoms with Crippen LogP contribution in [-0.4, -0.2) is 12.6 Å². The fraction of sp³-hybridized carbons (Fsp3) is 0.500. The molecule has 0 aliphatic rings. The molecule has 0 unspecified atom stereocenters. The van der Waals surface area contributed by atoms with Gasteiger partial charge in [0, 0.05) is 18.3 Å². The third kappa shape index (κ3) is 2.26. The fourth-order valence-electron chi connectivity index (χ4n) is 3.02. The van der Waals surface area contributed by atoms with Crippen molar-refractivity contribution in [2.24, 2.45) is 7.05 Å². The average molecular weight is 259 g/mol. The number of hydrogen-bond donors (Lipinski definition) is 0. The Morgan fingerprint density at radius 2 is 1.61 bits per heavy atom. The van der Waals surface area contributed by atoms with E-state index in [4.69, 9.17) is 0 Å². The Morgan fingerprint density at radius 1 is 1.00 bits per heavy atom. The molecule has 0 N–H and O–H groups in total. The average Bonchev–Trinajstić information content (AvgIpc) is 2.73. The minimum atomic E-state index is -1.07. The Bertz CT molecular complexity index is 515. The molecule has 1 aromatic heterocycles. The van der Waals surface area contributed by atoms with Crippen LogP contribution in [0.3, 0.4) is 0 Å². The molecule has 0 fully saturated rings. The van der Waals surface area contributed by atoms with E-state index in [9.17, 15) is 0 Å². The summed E-state index contributed by atoms with van der Waals surface area (Å²) < 4.78 is 2.40. The number of hydrogen-bond acceptors (Lipinski definition) is 0. The number of aryl methyl sites for hydroxylation is 1. The molecule has 1 aromatic carbocycles. The summed E-state index contributed by atoms with van der Waals surface area (Å²) in [7, 11) is 1.15. The van der Waals surface area contributed by atoms with Crippen LogP contribution in [-0.2, 0) is 13.1 Å². The molecule has 0 spiro atoms. The summed E-state index contributed by atoms with van der Waals surface area (Å²) in [4.78, 5) is 0. The first-order valence-electron chi connectivity index (χ1n) is 7.19. The summed E-state index contributed by atoms with van der Waals surface area (Å²) in [6.45, 7) is 7.17. The van der Waals surface area contributed by atoms with Gasteiger partial charge in [0.2, 0.25) is 0 Å². The van der Waals surface area contributed by atoms with Crippen LogP contribution < -0.4 is 0 Å². The second-order valence-corrected chi connectivity index (χ2v) is 11.0. The molecular formula is C16H25NSi. The quantitative estimate of drug-likeness (QED) is 0.682. The third-order valence-electron chi connectivity index (χ3n) is 4.86. The molecule has 0 amide bonds. The fourth-order valence-corrected chi connectivity index (χ4v) is 6.38. The highest BCUT2D eigenvalue weighted by molar-refractivity contribution is 6.79. The van der Waals surface area contributed by atoms with Crippen molar-refractivity contribution in [3.63, 3.8) is 0 Å². The zero-order valence-electron chi connectivity index (χ0n) is 12.2. The van der Waals surface area contributed by atoms with Crippen molar-refractivity contribution in [2.75, 3.05) is 0 Å². The highest BCUT2D eigenvalue weighted by Crippen LogP contribution is 2.27. The van der Waals surface area contributed by atoms with Crippen molar-refractivity contribution in [2.45, 2.75) is 44.9 Å². The van der Waals surface area contributed by atoms with Gasteiger partial charge in [0.05, 0.1) is 8.07 Å². The summed E-state index contributed by atoms with van der Waals surface area (Å²) in [5.74, 6) is 0. The summed E-state index contributed by atoms with van der Waals surface area (Å²) >= 11 is 0. The molecule has 1 nitrogen and oxygen atoms in total. The first-order chi connectivity index (χ1) is 8.65. The van der Waals surface area contributed by atoms with Crippen molar-refractivity contribution in [1.29, 1.82) is 0 Å². The smallest absolute Gasteiger partial charge is 0.0589 e. The normalized spacial score (nSPS) is 12.2. The highest BCUT2D eigenvalue weighted by Gasteiger charge is 2.28. The van der Waals surface area contributed by atoms with Crippen molar-refractivity contribution >= 4 is 19.0 Å². The number of rotatable bonds is 5. The Morgan fingerprint density at radius 3 is 2.17 bits per heavy atom. The first-order valence-corrected chi connectivity index (χ1v) is 10.0. The second-order valence-electron chi connectivity index (χ2n) is 5.49. The maximum absolute atomic E-state index is 2.40. The van der Waals surface area contributed by atoms with Gasteiger partial charge in [0.25, 0.3) is 0 Å². The van der Waals surface area contributed by atoms with Crippen LogP contribution >= 0.6 is 0 Å². The number of para-hydroxylation sites is 1. The highest BCUT2D eigenvalue weighted by atomic mass is 28.3. The predicted octanol–water partition coefficient (Wildman–Crippen LogP) is 4.77. The Kier molecular flexibility index (Phi) is 3.96. The Balaban J connectivity index is 2.39. The molecule has 2 rings (SSSR count). The van der Waals surface area contributed by atoms with Gasteiger partial charge in [-0.25, -0.2) is 0 Å². The zero-order valence-corrected chi connectivity index (χ0v) is 13.2. The maximum Gasteiger partial charge on any atom is 0.0589 e. The number of benzene rings is 1. The molecule has 2 heteroatoms. The number of fused-ring (bicyclic) bond motifs is 1. The van der Waals surface area contributed by atoms with Crippen molar-refractivity contribution < 1.29 is 0 Å². The van der Waals surface area contributed by atoms with Gasteiger partial charge in [-0.3, -0.25) is 0 Å². The molecule has 0 aliphatic heterocycles. The molecule has 0 radical (unpaired) electrons. The lowest BCUT2D eigenvalue weighted by atomic mass is 10.2. The van der Waals surface area contributed by atoms with Crippen molar-refractivity contribution in [3.8, 4) is 0 Å². The SMILES string of the molecule is CC[Si](CC)(CC)Cc1cc2ccccc2n1C. The topological polar surface area (TPSA) is 4.93 Å². The van der Waals surface area contributed by atoms with Crippen LogP contribution in [0.15, 0.2) is 30.3 Å². The first kappa shape index (κ1) is 13.4. The third-order valence-corrected chi connectivity index (χ3v) is 10.5. The predicted molar refractivity (Wildman–Crippen MR) is 83.8 cm³/mol.